The third-order valence-corrected chi connectivity index (χ3v) is 12.0. The second-order valence-electron chi connectivity index (χ2n) is 13.4. The van der Waals surface area contributed by atoms with Gasteiger partial charge in [-0.1, -0.05) is 38.5 Å². The smallest absolute Gasteiger partial charge is 0.157 e. The molecule has 0 amide bonds. The van der Waals surface area contributed by atoms with Gasteiger partial charge in [-0.15, -0.1) is 0 Å². The molecule has 2 unspecified atom stereocenters. The second kappa shape index (κ2) is 7.41. The zero-order valence-corrected chi connectivity index (χ0v) is 21.6. The molecule has 4 saturated carbocycles. The molecule has 2 heterocycles. The number of ether oxygens (including phenoxy) is 1. The summed E-state index contributed by atoms with van der Waals surface area (Å²) in [6.07, 6.45) is 11.9. The third-order valence-electron chi connectivity index (χ3n) is 12.0. The number of nitrogens with two attached hydrogens (primary N) is 1. The van der Waals surface area contributed by atoms with Crippen LogP contribution in [-0.4, -0.2) is 33.3 Å². The van der Waals surface area contributed by atoms with E-state index >= 15 is 0 Å². The van der Waals surface area contributed by atoms with Crippen LogP contribution in [0.5, 0.6) is 0 Å². The highest BCUT2D eigenvalue weighted by Gasteiger charge is 2.73. The summed E-state index contributed by atoms with van der Waals surface area (Å²) in [5.74, 6) is 2.85. The summed E-state index contributed by atoms with van der Waals surface area (Å²) >= 11 is 0. The van der Waals surface area contributed by atoms with Gasteiger partial charge in [0.15, 0.2) is 5.78 Å². The SMILES string of the molecule is C[C@H]1CC[C@@]23C(C1)[C@@H](C[C@]1(N)C2CC[C@]2(C)[C@@H](C(=O)Cn4cc5ccccc5n4)CC[C@H]21)O[C@@H]3C. The van der Waals surface area contributed by atoms with Gasteiger partial charge in [0.1, 0.15) is 0 Å². The summed E-state index contributed by atoms with van der Waals surface area (Å²) in [6, 6.07) is 8.11. The summed E-state index contributed by atoms with van der Waals surface area (Å²) in [6.45, 7) is 7.54. The number of Topliss-reactive ketones (excluding diaryl/α,β-unsaturated/α-hetero) is 1. The predicted molar refractivity (Wildman–Crippen MR) is 137 cm³/mol. The minimum absolute atomic E-state index is 0.0109. The Morgan fingerprint density at radius 3 is 2.80 bits per heavy atom. The van der Waals surface area contributed by atoms with Crippen molar-refractivity contribution < 1.29 is 9.53 Å². The Morgan fingerprint density at radius 1 is 1.14 bits per heavy atom. The highest BCUT2D eigenvalue weighted by Crippen LogP contribution is 2.72. The molecule has 1 aromatic heterocycles. The molecule has 188 valence electrons. The molecule has 10 atom stereocenters. The maximum absolute atomic E-state index is 13.7. The summed E-state index contributed by atoms with van der Waals surface area (Å²) in [5, 5.41) is 5.77. The Morgan fingerprint density at radius 2 is 1.97 bits per heavy atom. The van der Waals surface area contributed by atoms with Crippen LogP contribution in [0, 0.1) is 40.4 Å². The predicted octanol–water partition coefficient (Wildman–Crippen LogP) is 5.36. The van der Waals surface area contributed by atoms with E-state index in [0.29, 0.717) is 42.3 Å². The molecule has 4 aliphatic carbocycles. The number of hydrogen-bond acceptors (Lipinski definition) is 4. The number of benzene rings is 1. The molecule has 0 radical (unpaired) electrons. The van der Waals surface area contributed by atoms with Crippen LogP contribution in [0.1, 0.15) is 72.1 Å². The van der Waals surface area contributed by atoms with Crippen LogP contribution < -0.4 is 5.73 Å². The summed E-state index contributed by atoms with van der Waals surface area (Å²) in [7, 11) is 0. The van der Waals surface area contributed by atoms with Crippen molar-refractivity contribution in [2.75, 3.05) is 0 Å². The molecule has 1 saturated heterocycles. The fourth-order valence-corrected chi connectivity index (χ4v) is 10.6. The molecule has 5 nitrogen and oxygen atoms in total. The van der Waals surface area contributed by atoms with Crippen LogP contribution in [0.4, 0.5) is 0 Å². The second-order valence-corrected chi connectivity index (χ2v) is 13.4. The molecule has 2 bridgehead atoms. The van der Waals surface area contributed by atoms with E-state index in [-0.39, 0.29) is 22.3 Å². The molecule has 0 spiro atoms. The van der Waals surface area contributed by atoms with Crippen molar-refractivity contribution in [2.24, 2.45) is 46.2 Å². The summed E-state index contributed by atoms with van der Waals surface area (Å²) in [4.78, 5) is 13.7. The van der Waals surface area contributed by atoms with Crippen molar-refractivity contribution in [3.63, 3.8) is 0 Å². The van der Waals surface area contributed by atoms with E-state index in [1.54, 1.807) is 0 Å². The molecule has 2 aromatic rings. The number of hydrogen-bond donors (Lipinski definition) is 1. The quantitative estimate of drug-likeness (QED) is 0.649. The number of carbonyl (C=O) groups is 1. The molecule has 5 heteroatoms. The van der Waals surface area contributed by atoms with Crippen molar-refractivity contribution in [3.8, 4) is 0 Å². The molecule has 5 fully saturated rings. The van der Waals surface area contributed by atoms with Crippen LogP contribution in [0.3, 0.4) is 0 Å². The lowest BCUT2D eigenvalue weighted by atomic mass is 9.40. The lowest BCUT2D eigenvalue weighted by Gasteiger charge is -2.65. The van der Waals surface area contributed by atoms with Crippen LogP contribution in [-0.2, 0) is 16.1 Å². The van der Waals surface area contributed by atoms with Gasteiger partial charge >= 0.3 is 0 Å². The number of ketones is 1. The minimum Gasteiger partial charge on any atom is -0.374 e. The number of rotatable bonds is 3. The van der Waals surface area contributed by atoms with Crippen molar-refractivity contribution >= 4 is 16.7 Å². The lowest BCUT2D eigenvalue weighted by molar-refractivity contribution is -0.141. The average molecular weight is 476 g/mol. The Kier molecular flexibility index (Phi) is 4.76. The largest absolute Gasteiger partial charge is 0.374 e. The maximum Gasteiger partial charge on any atom is 0.157 e. The van der Waals surface area contributed by atoms with E-state index < -0.39 is 0 Å². The number of nitrogens with zero attached hydrogens (tertiary/aromatic N) is 2. The van der Waals surface area contributed by atoms with Gasteiger partial charge in [-0.2, -0.15) is 5.10 Å². The molecular formula is C30H41N3O2. The van der Waals surface area contributed by atoms with Crippen molar-refractivity contribution in [2.45, 2.75) is 96.4 Å². The number of fused-ring (bicyclic) bond motifs is 4. The lowest BCUT2D eigenvalue weighted by Crippen LogP contribution is -2.70. The van der Waals surface area contributed by atoms with E-state index in [0.717, 1.165) is 48.9 Å². The van der Waals surface area contributed by atoms with Crippen molar-refractivity contribution in [1.82, 2.24) is 9.78 Å². The van der Waals surface area contributed by atoms with Crippen LogP contribution in [0.15, 0.2) is 30.5 Å². The monoisotopic (exact) mass is 475 g/mol. The Bertz CT molecular complexity index is 1140. The third kappa shape index (κ3) is 2.89. The molecule has 5 aliphatic rings. The Hall–Kier alpha value is -1.72. The average Bonchev–Trinajstić information content (AvgIpc) is 3.45. The van der Waals surface area contributed by atoms with E-state index in [2.05, 4.69) is 31.9 Å². The number of aromatic nitrogens is 2. The van der Waals surface area contributed by atoms with Gasteiger partial charge in [-0.3, -0.25) is 9.48 Å². The first kappa shape index (κ1) is 22.5. The Labute approximate surface area is 209 Å². The molecule has 35 heavy (non-hydrogen) atoms. The summed E-state index contributed by atoms with van der Waals surface area (Å²) < 4.78 is 8.59. The first-order valence-electron chi connectivity index (χ1n) is 14.1. The molecule has 2 N–H and O–H groups in total. The molecule has 1 aliphatic heterocycles. The fraction of sp³-hybridized carbons (Fsp3) is 0.733. The van der Waals surface area contributed by atoms with Gasteiger partial charge in [0, 0.05) is 28.5 Å². The topological polar surface area (TPSA) is 70.1 Å². The van der Waals surface area contributed by atoms with Gasteiger partial charge in [-0.05, 0) is 87.0 Å². The van der Waals surface area contributed by atoms with Crippen LogP contribution in [0.25, 0.3) is 10.9 Å². The normalized spacial score (nSPS) is 48.4. The highest BCUT2D eigenvalue weighted by atomic mass is 16.5. The molecule has 1 aromatic carbocycles. The minimum atomic E-state index is -0.199. The van der Waals surface area contributed by atoms with Crippen LogP contribution >= 0.6 is 0 Å². The van der Waals surface area contributed by atoms with Crippen LogP contribution in [0.2, 0.25) is 0 Å². The zero-order valence-electron chi connectivity index (χ0n) is 21.6. The van der Waals surface area contributed by atoms with Gasteiger partial charge in [0.25, 0.3) is 0 Å². The summed E-state index contributed by atoms with van der Waals surface area (Å²) in [5.41, 5.74) is 8.61. The van der Waals surface area contributed by atoms with Gasteiger partial charge < -0.3 is 10.5 Å². The van der Waals surface area contributed by atoms with E-state index in [4.69, 9.17) is 10.5 Å². The van der Waals surface area contributed by atoms with E-state index in [1.807, 2.05) is 29.1 Å². The number of carbonyl (C=O) groups excluding carboxylic acids is 1. The van der Waals surface area contributed by atoms with E-state index in [1.165, 1.54) is 19.3 Å². The highest BCUT2D eigenvalue weighted by molar-refractivity contribution is 5.83. The van der Waals surface area contributed by atoms with Gasteiger partial charge in [0.05, 0.1) is 24.3 Å². The molecule has 7 rings (SSSR count). The van der Waals surface area contributed by atoms with Gasteiger partial charge in [0.2, 0.25) is 0 Å². The first-order valence-corrected chi connectivity index (χ1v) is 14.1. The zero-order chi connectivity index (χ0) is 24.2. The van der Waals surface area contributed by atoms with Gasteiger partial charge in [-0.25, -0.2) is 0 Å². The van der Waals surface area contributed by atoms with Crippen molar-refractivity contribution in [3.05, 3.63) is 30.5 Å². The maximum atomic E-state index is 13.7. The first-order chi connectivity index (χ1) is 16.8. The molecular weight excluding hydrogens is 434 g/mol. The Balaban J connectivity index is 1.18. The van der Waals surface area contributed by atoms with Crippen molar-refractivity contribution in [1.29, 1.82) is 0 Å². The fourth-order valence-electron chi connectivity index (χ4n) is 10.6. The standard InChI is InChI=1S/C30H41N3O2/c1-18-10-13-29-19(2)35-25(22(29)14-18)15-30(31)26-9-8-21(28(26,3)12-11-27(29)30)24(34)17-33-16-20-6-4-5-7-23(20)32-33/h4-7,16,18-19,21-22,25-27H,8-15,17,31H2,1-3H3/t18-,19+,21+,22?,25+,26+,27?,28+,29+,30+/m0/s1. The van der Waals surface area contributed by atoms with E-state index in [9.17, 15) is 4.79 Å².